The second-order valence-corrected chi connectivity index (χ2v) is 4.72. The van der Waals surface area contributed by atoms with E-state index >= 15 is 0 Å². The Kier molecular flexibility index (Phi) is 4.05. The van der Waals surface area contributed by atoms with Crippen LogP contribution in [-0.2, 0) is 6.42 Å². The zero-order valence-corrected chi connectivity index (χ0v) is 12.3. The van der Waals surface area contributed by atoms with Gasteiger partial charge in [0.05, 0.1) is 30.0 Å². The van der Waals surface area contributed by atoms with E-state index in [1.54, 1.807) is 12.1 Å². The highest BCUT2D eigenvalue weighted by molar-refractivity contribution is 6.02. The van der Waals surface area contributed by atoms with Crippen LogP contribution in [0.3, 0.4) is 0 Å². The van der Waals surface area contributed by atoms with Gasteiger partial charge in [0.15, 0.2) is 5.69 Å². The van der Waals surface area contributed by atoms with Gasteiger partial charge >= 0.3 is 0 Å². The first-order valence-corrected chi connectivity index (χ1v) is 6.96. The van der Waals surface area contributed by atoms with Gasteiger partial charge < -0.3 is 5.32 Å². The first-order valence-electron chi connectivity index (χ1n) is 6.96. The summed E-state index contributed by atoms with van der Waals surface area (Å²) in [6, 6.07) is 5.71. The van der Waals surface area contributed by atoms with Crippen molar-refractivity contribution in [1.29, 1.82) is 0 Å². The molecule has 0 saturated carbocycles. The molecule has 0 spiro atoms. The lowest BCUT2D eigenvalue weighted by atomic mass is 10.3. The van der Waals surface area contributed by atoms with E-state index in [1.807, 2.05) is 6.92 Å². The molecule has 0 aliphatic carbocycles. The van der Waals surface area contributed by atoms with Gasteiger partial charge in [0, 0.05) is 6.42 Å². The summed E-state index contributed by atoms with van der Waals surface area (Å²) in [5, 5.41) is 10.3. The third-order valence-electron chi connectivity index (χ3n) is 3.10. The van der Waals surface area contributed by atoms with Gasteiger partial charge in [-0.05, 0) is 24.3 Å². The summed E-state index contributed by atoms with van der Waals surface area (Å²) in [6.07, 6.45) is 5.26. The van der Waals surface area contributed by atoms with Crippen LogP contribution in [0.25, 0.3) is 5.69 Å². The van der Waals surface area contributed by atoms with Gasteiger partial charge in [-0.15, -0.1) is 5.10 Å². The third kappa shape index (κ3) is 3.37. The predicted octanol–water partition coefficient (Wildman–Crippen LogP) is 2.01. The number of rotatable bonds is 4. The molecule has 0 radical (unpaired) electrons. The number of amides is 1. The monoisotopic (exact) mass is 312 g/mol. The molecule has 1 amide bonds. The lowest BCUT2D eigenvalue weighted by molar-refractivity contribution is 0.102. The summed E-state index contributed by atoms with van der Waals surface area (Å²) in [5.41, 5.74) is 1.21. The van der Waals surface area contributed by atoms with Gasteiger partial charge in [0.1, 0.15) is 11.6 Å². The van der Waals surface area contributed by atoms with E-state index in [0.717, 1.165) is 6.42 Å². The Morgan fingerprint density at radius 3 is 2.57 bits per heavy atom. The quantitative estimate of drug-likeness (QED) is 0.796. The number of hydrogen-bond acceptors (Lipinski definition) is 5. The first-order chi connectivity index (χ1) is 11.2. The van der Waals surface area contributed by atoms with Crippen LogP contribution >= 0.6 is 0 Å². The van der Waals surface area contributed by atoms with E-state index < -0.39 is 5.91 Å². The minimum atomic E-state index is -0.425. The molecular formula is C15H13FN6O. The zero-order valence-electron chi connectivity index (χ0n) is 12.3. The van der Waals surface area contributed by atoms with Crippen molar-refractivity contribution in [2.75, 3.05) is 5.32 Å². The number of halogens is 1. The molecule has 116 valence electrons. The summed E-state index contributed by atoms with van der Waals surface area (Å²) < 4.78 is 14.3. The smallest absolute Gasteiger partial charge is 0.277 e. The van der Waals surface area contributed by atoms with Crippen LogP contribution in [0.1, 0.15) is 23.2 Å². The molecule has 2 heterocycles. The van der Waals surface area contributed by atoms with Crippen LogP contribution < -0.4 is 5.32 Å². The molecule has 2 aromatic heterocycles. The zero-order chi connectivity index (χ0) is 16.2. The molecule has 0 fully saturated rings. The number of aryl methyl sites for hydroxylation is 1. The van der Waals surface area contributed by atoms with Gasteiger partial charge in [-0.2, -0.15) is 0 Å². The van der Waals surface area contributed by atoms with Crippen molar-refractivity contribution in [3.8, 4) is 5.69 Å². The summed E-state index contributed by atoms with van der Waals surface area (Å²) >= 11 is 0. The van der Waals surface area contributed by atoms with E-state index in [0.29, 0.717) is 17.2 Å². The molecule has 8 heteroatoms. The summed E-state index contributed by atoms with van der Waals surface area (Å²) in [6.45, 7) is 1.95. The molecule has 1 N–H and O–H groups in total. The van der Waals surface area contributed by atoms with Gasteiger partial charge in [-0.1, -0.05) is 12.1 Å². The first kappa shape index (κ1) is 14.8. The second kappa shape index (κ2) is 6.30. The molecule has 3 rings (SSSR count). The predicted molar refractivity (Wildman–Crippen MR) is 80.7 cm³/mol. The number of benzene rings is 1. The Hall–Kier alpha value is -3.16. The highest BCUT2D eigenvalue weighted by Crippen LogP contribution is 2.10. The standard InChI is InChI=1S/C15H13FN6O/c1-2-14-17-7-11(8-18-14)19-15(23)13-9-22(21-20-13)12-5-3-10(16)4-6-12/h3-9H,2H2,1H3,(H,19,23). The molecule has 23 heavy (non-hydrogen) atoms. The molecule has 1 aromatic carbocycles. The lowest BCUT2D eigenvalue weighted by Crippen LogP contribution is -2.13. The summed E-state index contributed by atoms with van der Waals surface area (Å²) in [4.78, 5) is 20.3. The Morgan fingerprint density at radius 1 is 1.22 bits per heavy atom. The third-order valence-corrected chi connectivity index (χ3v) is 3.10. The minimum Gasteiger partial charge on any atom is -0.318 e. The second-order valence-electron chi connectivity index (χ2n) is 4.72. The highest BCUT2D eigenvalue weighted by Gasteiger charge is 2.12. The largest absolute Gasteiger partial charge is 0.318 e. The van der Waals surface area contributed by atoms with Crippen molar-refractivity contribution in [1.82, 2.24) is 25.0 Å². The van der Waals surface area contributed by atoms with Gasteiger partial charge in [-0.3, -0.25) is 4.79 Å². The summed E-state index contributed by atoms with van der Waals surface area (Å²) in [7, 11) is 0. The van der Waals surface area contributed by atoms with Crippen molar-refractivity contribution in [2.24, 2.45) is 0 Å². The maximum Gasteiger partial charge on any atom is 0.277 e. The number of nitrogens with zero attached hydrogens (tertiary/aromatic N) is 5. The fourth-order valence-corrected chi connectivity index (χ4v) is 1.88. The summed E-state index contributed by atoms with van der Waals surface area (Å²) in [5.74, 6) is -0.0705. The topological polar surface area (TPSA) is 85.6 Å². The van der Waals surface area contributed by atoms with Crippen LogP contribution in [0.4, 0.5) is 10.1 Å². The lowest BCUT2D eigenvalue weighted by Gasteiger charge is -2.02. The van der Waals surface area contributed by atoms with E-state index in [2.05, 4.69) is 25.6 Å². The van der Waals surface area contributed by atoms with Crippen LogP contribution in [-0.4, -0.2) is 30.9 Å². The van der Waals surface area contributed by atoms with Crippen molar-refractivity contribution < 1.29 is 9.18 Å². The van der Waals surface area contributed by atoms with Crippen molar-refractivity contribution in [2.45, 2.75) is 13.3 Å². The Morgan fingerprint density at radius 2 is 1.91 bits per heavy atom. The van der Waals surface area contributed by atoms with E-state index in [-0.39, 0.29) is 11.5 Å². The van der Waals surface area contributed by atoms with Gasteiger partial charge in [-0.25, -0.2) is 19.0 Å². The van der Waals surface area contributed by atoms with E-state index in [1.165, 1.54) is 35.4 Å². The molecule has 0 aliphatic rings. The van der Waals surface area contributed by atoms with Gasteiger partial charge in [0.25, 0.3) is 5.91 Å². The van der Waals surface area contributed by atoms with Crippen molar-refractivity contribution in [3.63, 3.8) is 0 Å². The van der Waals surface area contributed by atoms with Crippen LogP contribution in [0.2, 0.25) is 0 Å². The number of carbonyl (C=O) groups excluding carboxylic acids is 1. The average molecular weight is 312 g/mol. The van der Waals surface area contributed by atoms with Gasteiger partial charge in [0.2, 0.25) is 0 Å². The fraction of sp³-hybridized carbons (Fsp3) is 0.133. The number of hydrogen-bond donors (Lipinski definition) is 1. The van der Waals surface area contributed by atoms with E-state index in [9.17, 15) is 9.18 Å². The molecule has 7 nitrogen and oxygen atoms in total. The Balaban J connectivity index is 1.74. The number of aromatic nitrogens is 5. The molecule has 0 atom stereocenters. The number of nitrogens with one attached hydrogen (secondary N) is 1. The average Bonchev–Trinajstić information content (AvgIpc) is 3.06. The fourth-order valence-electron chi connectivity index (χ4n) is 1.88. The van der Waals surface area contributed by atoms with Crippen LogP contribution in [0, 0.1) is 5.82 Å². The molecular weight excluding hydrogens is 299 g/mol. The Labute approximate surface area is 131 Å². The normalized spacial score (nSPS) is 10.5. The van der Waals surface area contributed by atoms with Crippen LogP contribution in [0.5, 0.6) is 0 Å². The van der Waals surface area contributed by atoms with E-state index in [4.69, 9.17) is 0 Å². The molecule has 0 bridgehead atoms. The maximum atomic E-state index is 12.9. The molecule has 0 aliphatic heterocycles. The van der Waals surface area contributed by atoms with Crippen LogP contribution in [0.15, 0.2) is 42.9 Å². The molecule has 0 unspecified atom stereocenters. The van der Waals surface area contributed by atoms with Crippen molar-refractivity contribution in [3.05, 3.63) is 60.2 Å². The maximum absolute atomic E-state index is 12.9. The van der Waals surface area contributed by atoms with Crippen molar-refractivity contribution >= 4 is 11.6 Å². The number of carbonyl (C=O) groups is 1. The minimum absolute atomic E-state index is 0.133. The Bertz CT molecular complexity index is 813. The molecule has 3 aromatic rings. The highest BCUT2D eigenvalue weighted by atomic mass is 19.1. The SMILES string of the molecule is CCc1ncc(NC(=O)c2cn(-c3ccc(F)cc3)nn2)cn1. The molecule has 0 saturated heterocycles. The number of anilines is 1.